The number of carbonyl (C=O) groups excluding carboxylic acids is 3. The first-order valence-corrected chi connectivity index (χ1v) is 23.2. The van der Waals surface area contributed by atoms with Crippen LogP contribution >= 0.6 is 0 Å². The van der Waals surface area contributed by atoms with Gasteiger partial charge in [0.05, 0.1) is 5.69 Å². The molecule has 8 nitrogen and oxygen atoms in total. The Morgan fingerprint density at radius 1 is 1.04 bits per heavy atom. The van der Waals surface area contributed by atoms with E-state index in [0.717, 1.165) is 54.2 Å². The number of allylic oxidation sites excluding steroid dienone is 3. The van der Waals surface area contributed by atoms with E-state index < -0.39 is 44.0 Å². The molecule has 1 saturated carbocycles. The first-order chi connectivity index (χ1) is 25.4. The standard InChI is InChI=1S/C46H70IN2O6/c1-14-32-39-38(29(2)3)34(50)27-46(39,21-19-36(51)49-30(4)33-17-15-16-26-48-33)23-22-45(32,13)44(12)24-25-47-43(10,11)35(18-20-41(6,7)31(44)5)55-37(52)28-42(8,9)40(53)54/h15-17,19,21,26,29-32,35H,14,18,20,22-25,27-28H2,1-13H3,(H,49,51)(H,53,54)/q-1/b21-19+. The maximum absolute atomic E-state index is 14.1. The van der Waals surface area contributed by atoms with Gasteiger partial charge in [-0.1, -0.05) is 6.07 Å². The van der Waals surface area contributed by atoms with Crippen molar-refractivity contribution in [3.63, 3.8) is 0 Å². The number of halogens is 1. The summed E-state index contributed by atoms with van der Waals surface area (Å²) in [6, 6.07) is 5.46. The number of hydrogen-bond donors (Lipinski definition) is 2. The zero-order valence-electron chi connectivity index (χ0n) is 36.0. The minimum absolute atomic E-state index is 0.0614. The second kappa shape index (κ2) is 16.7. The molecule has 55 heavy (non-hydrogen) atoms. The molecule has 0 aromatic carbocycles. The number of alkyl halides is 2. The molecule has 0 bridgehead atoms. The number of aliphatic carboxylic acids is 1. The Morgan fingerprint density at radius 2 is 1.71 bits per heavy atom. The summed E-state index contributed by atoms with van der Waals surface area (Å²) >= 11 is -0.408. The number of nitrogens with one attached hydrogen (secondary N) is 1. The van der Waals surface area contributed by atoms with Gasteiger partial charge in [-0.3, -0.25) is 4.98 Å². The summed E-state index contributed by atoms with van der Waals surface area (Å²) in [7, 11) is 0. The van der Waals surface area contributed by atoms with Crippen LogP contribution in [-0.2, 0) is 23.9 Å². The normalized spacial score (nSPS) is 32.0. The molecule has 1 aliphatic heterocycles. The van der Waals surface area contributed by atoms with Gasteiger partial charge in [0.2, 0.25) is 0 Å². The number of carboxylic acid groups (broad SMARTS) is 1. The van der Waals surface area contributed by atoms with Gasteiger partial charge in [0.25, 0.3) is 0 Å². The molecule has 1 saturated heterocycles. The van der Waals surface area contributed by atoms with E-state index >= 15 is 0 Å². The van der Waals surface area contributed by atoms with Crippen LogP contribution in [0.1, 0.15) is 153 Å². The number of fused-ring (bicyclic) bond motifs is 1. The Bertz CT molecular complexity index is 1660. The van der Waals surface area contributed by atoms with Crippen LogP contribution in [0.5, 0.6) is 0 Å². The molecule has 1 aromatic heterocycles. The van der Waals surface area contributed by atoms with Crippen molar-refractivity contribution in [2.75, 3.05) is 4.43 Å². The molecule has 308 valence electrons. The Labute approximate surface area is 342 Å². The van der Waals surface area contributed by atoms with Crippen LogP contribution in [0.4, 0.5) is 0 Å². The fourth-order valence-corrected chi connectivity index (χ4v) is 14.1. The van der Waals surface area contributed by atoms with E-state index in [-0.39, 0.29) is 61.8 Å². The number of ketones is 1. The Balaban J connectivity index is 1.69. The molecule has 1 aromatic rings. The van der Waals surface area contributed by atoms with Crippen molar-refractivity contribution in [2.45, 2.75) is 157 Å². The van der Waals surface area contributed by atoms with E-state index in [4.69, 9.17) is 4.74 Å². The molecular weight excluding hydrogens is 803 g/mol. The SMILES string of the molecule is CCC1C2=C(C(C)C)C(=O)CC2(/C=C/C(=O)NC(C)c2ccccn2)CCC1(C)C1(C)CC[I-]C(C)(C)C(OC(=O)CC(C)(C)C(=O)O)CCC(C)(C)C1C. The van der Waals surface area contributed by atoms with Gasteiger partial charge in [-0.05, 0) is 19.1 Å². The molecule has 9 heteroatoms. The van der Waals surface area contributed by atoms with Crippen LogP contribution in [0.2, 0.25) is 0 Å². The number of carbonyl (C=O) groups is 4. The van der Waals surface area contributed by atoms with Crippen LogP contribution in [-0.4, -0.2) is 47.7 Å². The molecule has 0 spiro atoms. The van der Waals surface area contributed by atoms with E-state index in [9.17, 15) is 24.3 Å². The molecule has 2 heterocycles. The Kier molecular flexibility index (Phi) is 13.7. The molecule has 7 unspecified atom stereocenters. The van der Waals surface area contributed by atoms with Crippen LogP contribution in [0.25, 0.3) is 0 Å². The zero-order valence-corrected chi connectivity index (χ0v) is 38.2. The molecule has 3 aliphatic rings. The summed E-state index contributed by atoms with van der Waals surface area (Å²) < 4.78 is 7.09. The van der Waals surface area contributed by atoms with Gasteiger partial charge in [0, 0.05) is 6.20 Å². The van der Waals surface area contributed by atoms with E-state index in [0.29, 0.717) is 12.3 Å². The molecule has 4 rings (SSSR count). The molecule has 1 amide bonds. The van der Waals surface area contributed by atoms with Crippen molar-refractivity contribution in [2.24, 2.45) is 44.8 Å². The van der Waals surface area contributed by atoms with E-state index in [1.165, 1.54) is 5.57 Å². The fraction of sp³-hybridized carbons (Fsp3) is 0.717. The summed E-state index contributed by atoms with van der Waals surface area (Å²) in [4.78, 5) is 56.9. The number of esters is 1. The summed E-state index contributed by atoms with van der Waals surface area (Å²) in [5.74, 6) is -0.798. The van der Waals surface area contributed by atoms with Gasteiger partial charge >= 0.3 is 302 Å². The third kappa shape index (κ3) is 9.12. The third-order valence-corrected chi connectivity index (χ3v) is 18.3. The number of aromatic nitrogens is 1. The first kappa shape index (κ1) is 45.1. The van der Waals surface area contributed by atoms with Gasteiger partial charge < -0.3 is 0 Å². The fourth-order valence-electron chi connectivity index (χ4n) is 10.4. The number of ether oxygens (including phenoxy) is 1. The molecule has 0 radical (unpaired) electrons. The molecule has 2 N–H and O–H groups in total. The minimum atomic E-state index is -1.18. The van der Waals surface area contributed by atoms with Crippen molar-refractivity contribution >= 4 is 23.6 Å². The van der Waals surface area contributed by atoms with Crippen LogP contribution in [0.3, 0.4) is 0 Å². The molecule has 2 fully saturated rings. The topological polar surface area (TPSA) is 123 Å². The molecule has 2 aliphatic carbocycles. The van der Waals surface area contributed by atoms with E-state index in [1.807, 2.05) is 25.1 Å². The second-order valence-electron chi connectivity index (χ2n) is 19.6. The number of Topliss-reactive ketones (excluding diaryl/α,β-unsaturated/α-hetero) is 1. The van der Waals surface area contributed by atoms with E-state index in [2.05, 4.69) is 85.6 Å². The molecular formula is C46H70IN2O6-. The van der Waals surface area contributed by atoms with Gasteiger partial charge in [-0.15, -0.1) is 0 Å². The monoisotopic (exact) mass is 873 g/mol. The first-order valence-electron chi connectivity index (χ1n) is 20.6. The number of amides is 1. The Hall–Kier alpha value is -2.56. The summed E-state index contributed by atoms with van der Waals surface area (Å²) in [5, 5.41) is 12.7. The van der Waals surface area contributed by atoms with Crippen LogP contribution in [0, 0.1) is 44.8 Å². The number of hydrogen-bond acceptors (Lipinski definition) is 6. The average molecular weight is 874 g/mol. The van der Waals surface area contributed by atoms with Crippen molar-refractivity contribution < 1.29 is 50.2 Å². The third-order valence-electron chi connectivity index (χ3n) is 14.6. The molecule has 7 atom stereocenters. The predicted octanol–water partition coefficient (Wildman–Crippen LogP) is 6.69. The number of carboxylic acids is 1. The quantitative estimate of drug-likeness (QED) is 0.110. The number of nitrogens with zero attached hydrogens (tertiary/aromatic N) is 1. The Morgan fingerprint density at radius 3 is 2.29 bits per heavy atom. The number of pyridine rings is 1. The van der Waals surface area contributed by atoms with Gasteiger partial charge in [0.15, 0.2) is 0 Å². The predicted molar refractivity (Wildman–Crippen MR) is 215 cm³/mol. The van der Waals surface area contributed by atoms with Crippen molar-refractivity contribution in [3.05, 3.63) is 53.4 Å². The van der Waals surface area contributed by atoms with Crippen molar-refractivity contribution in [1.82, 2.24) is 10.3 Å². The van der Waals surface area contributed by atoms with Crippen molar-refractivity contribution in [3.8, 4) is 0 Å². The summed E-state index contributed by atoms with van der Waals surface area (Å²) in [5.41, 5.74) is 1.14. The maximum atomic E-state index is 14.1. The van der Waals surface area contributed by atoms with Crippen LogP contribution in [0.15, 0.2) is 47.7 Å². The number of rotatable bonds is 11. The second-order valence-corrected chi connectivity index (χ2v) is 24.2. The zero-order chi connectivity index (χ0) is 41.4. The summed E-state index contributed by atoms with van der Waals surface area (Å²) in [6.45, 7) is 28.4. The summed E-state index contributed by atoms with van der Waals surface area (Å²) in [6.07, 6.45) is 10.9. The van der Waals surface area contributed by atoms with Gasteiger partial charge in [-0.25, -0.2) is 0 Å². The van der Waals surface area contributed by atoms with Gasteiger partial charge in [0.1, 0.15) is 0 Å². The van der Waals surface area contributed by atoms with E-state index in [1.54, 1.807) is 26.1 Å². The van der Waals surface area contributed by atoms with Crippen molar-refractivity contribution in [1.29, 1.82) is 0 Å². The van der Waals surface area contributed by atoms with Gasteiger partial charge in [-0.2, -0.15) is 0 Å². The average Bonchev–Trinajstić information content (AvgIpc) is 3.40. The van der Waals surface area contributed by atoms with Crippen LogP contribution < -0.4 is 26.5 Å².